The standard InChI is InChI=1S/C20H34O4/c1-3-5-7-13-11-18(20(23)24)17-12-14(19(21)22)9-10-16(17)15(13)8-6-4-2/h13-18H,3-12H2,1-2H3,(H,21,22)(H,23,24). The Balaban J connectivity index is 2.21. The van der Waals surface area contributed by atoms with Gasteiger partial charge in [-0.2, -0.15) is 0 Å². The van der Waals surface area contributed by atoms with Crippen molar-refractivity contribution in [2.75, 3.05) is 0 Å². The first-order chi connectivity index (χ1) is 11.5. The Bertz CT molecular complexity index is 433. The van der Waals surface area contributed by atoms with Gasteiger partial charge in [0.1, 0.15) is 0 Å². The molecule has 0 saturated heterocycles. The summed E-state index contributed by atoms with van der Waals surface area (Å²) in [7, 11) is 0. The van der Waals surface area contributed by atoms with Gasteiger partial charge in [0.2, 0.25) is 0 Å². The molecule has 4 nitrogen and oxygen atoms in total. The highest BCUT2D eigenvalue weighted by Gasteiger charge is 2.49. The van der Waals surface area contributed by atoms with Gasteiger partial charge in [0.05, 0.1) is 11.8 Å². The van der Waals surface area contributed by atoms with Gasteiger partial charge in [0.15, 0.2) is 0 Å². The average Bonchev–Trinajstić information content (AvgIpc) is 2.56. The SMILES string of the molecule is CCCCC1CC(C(=O)O)C2CC(C(=O)O)CCC2C1CCCC. The molecular weight excluding hydrogens is 304 g/mol. The molecule has 2 fully saturated rings. The summed E-state index contributed by atoms with van der Waals surface area (Å²) in [4.78, 5) is 23.3. The summed E-state index contributed by atoms with van der Waals surface area (Å²) in [6, 6.07) is 0. The number of carboxylic acid groups (broad SMARTS) is 2. The first kappa shape index (κ1) is 19.3. The summed E-state index contributed by atoms with van der Waals surface area (Å²) in [5.74, 6) is -0.515. The molecule has 0 aromatic rings. The van der Waals surface area contributed by atoms with Crippen molar-refractivity contribution in [3.8, 4) is 0 Å². The number of carboxylic acids is 2. The molecule has 2 saturated carbocycles. The molecule has 24 heavy (non-hydrogen) atoms. The van der Waals surface area contributed by atoms with Gasteiger partial charge in [-0.05, 0) is 55.8 Å². The van der Waals surface area contributed by atoms with Crippen molar-refractivity contribution in [1.29, 1.82) is 0 Å². The lowest BCUT2D eigenvalue weighted by Gasteiger charge is -2.50. The molecule has 2 rings (SSSR count). The quantitative estimate of drug-likeness (QED) is 0.665. The normalized spacial score (nSPS) is 36.1. The minimum atomic E-state index is -0.740. The van der Waals surface area contributed by atoms with Crippen LogP contribution in [0.2, 0.25) is 0 Å². The lowest BCUT2D eigenvalue weighted by Crippen LogP contribution is -2.47. The molecule has 2 aliphatic carbocycles. The molecule has 0 radical (unpaired) electrons. The monoisotopic (exact) mass is 338 g/mol. The molecule has 6 atom stereocenters. The molecule has 0 heterocycles. The highest BCUT2D eigenvalue weighted by molar-refractivity contribution is 5.72. The topological polar surface area (TPSA) is 74.6 Å². The van der Waals surface area contributed by atoms with Gasteiger partial charge < -0.3 is 10.2 Å². The molecule has 0 aromatic carbocycles. The Morgan fingerprint density at radius 3 is 2.12 bits per heavy atom. The summed E-state index contributed by atoms with van der Waals surface area (Å²) in [5.41, 5.74) is 0. The maximum Gasteiger partial charge on any atom is 0.306 e. The maximum absolute atomic E-state index is 11.9. The van der Waals surface area contributed by atoms with Crippen LogP contribution >= 0.6 is 0 Å². The minimum Gasteiger partial charge on any atom is -0.481 e. The molecule has 2 aliphatic rings. The van der Waals surface area contributed by atoms with Crippen LogP contribution in [0.15, 0.2) is 0 Å². The van der Waals surface area contributed by atoms with E-state index < -0.39 is 11.9 Å². The highest BCUT2D eigenvalue weighted by atomic mass is 16.4. The van der Waals surface area contributed by atoms with E-state index in [0.717, 1.165) is 32.1 Å². The minimum absolute atomic E-state index is 0.0667. The number of hydrogen-bond donors (Lipinski definition) is 2. The summed E-state index contributed by atoms with van der Waals surface area (Å²) in [5, 5.41) is 19.1. The van der Waals surface area contributed by atoms with Gasteiger partial charge in [-0.25, -0.2) is 0 Å². The second-order valence-corrected chi connectivity index (χ2v) is 8.06. The first-order valence-electron chi connectivity index (χ1n) is 9.95. The Morgan fingerprint density at radius 1 is 0.875 bits per heavy atom. The first-order valence-corrected chi connectivity index (χ1v) is 9.95. The van der Waals surface area contributed by atoms with Crippen LogP contribution < -0.4 is 0 Å². The van der Waals surface area contributed by atoms with Crippen LogP contribution in [-0.4, -0.2) is 22.2 Å². The molecule has 2 N–H and O–H groups in total. The van der Waals surface area contributed by atoms with Crippen molar-refractivity contribution >= 4 is 11.9 Å². The molecule has 0 bridgehead atoms. The number of hydrogen-bond acceptors (Lipinski definition) is 2. The maximum atomic E-state index is 11.9. The van der Waals surface area contributed by atoms with Crippen molar-refractivity contribution in [1.82, 2.24) is 0 Å². The summed E-state index contributed by atoms with van der Waals surface area (Å²) >= 11 is 0. The number of unbranched alkanes of at least 4 members (excludes halogenated alkanes) is 2. The lowest BCUT2D eigenvalue weighted by molar-refractivity contribution is -0.156. The fourth-order valence-electron chi connectivity index (χ4n) is 5.44. The third-order valence-corrected chi connectivity index (χ3v) is 6.67. The highest BCUT2D eigenvalue weighted by Crippen LogP contribution is 2.53. The molecular formula is C20H34O4. The van der Waals surface area contributed by atoms with E-state index in [1.807, 2.05) is 0 Å². The lowest BCUT2D eigenvalue weighted by atomic mass is 9.54. The zero-order valence-electron chi connectivity index (χ0n) is 15.2. The summed E-state index contributed by atoms with van der Waals surface area (Å²) < 4.78 is 0. The second-order valence-electron chi connectivity index (χ2n) is 8.06. The van der Waals surface area contributed by atoms with Gasteiger partial charge >= 0.3 is 11.9 Å². The molecule has 0 amide bonds. The number of aliphatic carboxylic acids is 2. The van der Waals surface area contributed by atoms with Crippen molar-refractivity contribution in [3.63, 3.8) is 0 Å². The molecule has 0 spiro atoms. The van der Waals surface area contributed by atoms with Crippen molar-refractivity contribution in [2.45, 2.75) is 78.1 Å². The molecule has 6 unspecified atom stereocenters. The third-order valence-electron chi connectivity index (χ3n) is 6.67. The summed E-state index contributed by atoms with van der Waals surface area (Å²) in [6.07, 6.45) is 10.0. The fraction of sp³-hybridized carbons (Fsp3) is 0.900. The Labute approximate surface area is 146 Å². The van der Waals surface area contributed by atoms with Crippen LogP contribution in [0.5, 0.6) is 0 Å². The Kier molecular flexibility index (Phi) is 7.12. The fourth-order valence-corrected chi connectivity index (χ4v) is 5.44. The predicted molar refractivity (Wildman–Crippen MR) is 93.7 cm³/mol. The van der Waals surface area contributed by atoms with E-state index >= 15 is 0 Å². The van der Waals surface area contributed by atoms with Gasteiger partial charge in [-0.1, -0.05) is 46.0 Å². The van der Waals surface area contributed by atoms with E-state index in [9.17, 15) is 19.8 Å². The second kappa shape index (κ2) is 8.87. The van der Waals surface area contributed by atoms with Gasteiger partial charge in [-0.3, -0.25) is 9.59 Å². The van der Waals surface area contributed by atoms with Crippen LogP contribution in [0, 0.1) is 35.5 Å². The van der Waals surface area contributed by atoms with Crippen molar-refractivity contribution in [2.24, 2.45) is 35.5 Å². The zero-order valence-corrected chi connectivity index (χ0v) is 15.2. The number of fused-ring (bicyclic) bond motifs is 1. The van der Waals surface area contributed by atoms with Crippen LogP contribution in [0.4, 0.5) is 0 Å². The Hall–Kier alpha value is -1.06. The van der Waals surface area contributed by atoms with Crippen molar-refractivity contribution in [3.05, 3.63) is 0 Å². The van der Waals surface area contributed by atoms with Gasteiger partial charge in [-0.15, -0.1) is 0 Å². The smallest absolute Gasteiger partial charge is 0.306 e. The number of rotatable bonds is 8. The van der Waals surface area contributed by atoms with E-state index in [4.69, 9.17) is 0 Å². The Morgan fingerprint density at radius 2 is 1.54 bits per heavy atom. The van der Waals surface area contributed by atoms with Gasteiger partial charge in [0.25, 0.3) is 0 Å². The molecule has 138 valence electrons. The van der Waals surface area contributed by atoms with E-state index in [-0.39, 0.29) is 17.8 Å². The number of carbonyl (C=O) groups is 2. The van der Waals surface area contributed by atoms with E-state index in [1.54, 1.807) is 0 Å². The van der Waals surface area contributed by atoms with Crippen LogP contribution in [0.3, 0.4) is 0 Å². The zero-order chi connectivity index (χ0) is 17.7. The van der Waals surface area contributed by atoms with E-state index in [1.165, 1.54) is 25.7 Å². The molecule has 4 heteroatoms. The molecule has 0 aliphatic heterocycles. The largest absolute Gasteiger partial charge is 0.481 e. The van der Waals surface area contributed by atoms with Crippen molar-refractivity contribution < 1.29 is 19.8 Å². The summed E-state index contributed by atoms with van der Waals surface area (Å²) in [6.45, 7) is 4.40. The van der Waals surface area contributed by atoms with Crippen LogP contribution in [-0.2, 0) is 9.59 Å². The predicted octanol–water partition coefficient (Wildman–Crippen LogP) is 4.82. The van der Waals surface area contributed by atoms with Gasteiger partial charge in [0, 0.05) is 0 Å². The van der Waals surface area contributed by atoms with Crippen LogP contribution in [0.1, 0.15) is 78.1 Å². The third kappa shape index (κ3) is 4.31. The van der Waals surface area contributed by atoms with E-state index in [2.05, 4.69) is 13.8 Å². The van der Waals surface area contributed by atoms with E-state index in [0.29, 0.717) is 24.2 Å². The molecule has 0 aromatic heterocycles. The average molecular weight is 338 g/mol. The van der Waals surface area contributed by atoms with Crippen LogP contribution in [0.25, 0.3) is 0 Å².